The number of aliphatic hydroxyl groups excluding tert-OH is 1. The summed E-state index contributed by atoms with van der Waals surface area (Å²) in [6.45, 7) is 4.43. The molecule has 2 unspecified atom stereocenters. The maximum Gasteiger partial charge on any atom is 0.141 e. The van der Waals surface area contributed by atoms with E-state index in [9.17, 15) is 4.39 Å². The van der Waals surface area contributed by atoms with Gasteiger partial charge in [-0.05, 0) is 58.0 Å². The van der Waals surface area contributed by atoms with Crippen LogP contribution in [0.15, 0.2) is 18.3 Å². The third-order valence-electron chi connectivity index (χ3n) is 3.75. The van der Waals surface area contributed by atoms with E-state index in [0.29, 0.717) is 5.92 Å². The molecule has 0 radical (unpaired) electrons. The van der Waals surface area contributed by atoms with Crippen molar-refractivity contribution in [1.29, 1.82) is 0 Å². The highest BCUT2D eigenvalue weighted by Gasteiger charge is 2.20. The minimum Gasteiger partial charge on any atom is -0.396 e. The highest BCUT2D eigenvalue weighted by molar-refractivity contribution is 5.10. The molecule has 0 amide bonds. The fraction of sp³-hybridized carbons (Fsp3) is 0.688. The van der Waals surface area contributed by atoms with Crippen LogP contribution in [0, 0.1) is 11.7 Å². The molecule has 5 heteroatoms. The number of aromatic nitrogens is 1. The Morgan fingerprint density at radius 1 is 1.33 bits per heavy atom. The van der Waals surface area contributed by atoms with Gasteiger partial charge in [-0.15, -0.1) is 0 Å². The third-order valence-corrected chi connectivity index (χ3v) is 3.75. The van der Waals surface area contributed by atoms with Crippen LogP contribution in [0.2, 0.25) is 0 Å². The van der Waals surface area contributed by atoms with Gasteiger partial charge in [0.05, 0.1) is 17.9 Å². The lowest BCUT2D eigenvalue weighted by molar-refractivity contribution is 0.238. The molecule has 0 aliphatic carbocycles. The van der Waals surface area contributed by atoms with Gasteiger partial charge in [-0.1, -0.05) is 6.92 Å². The van der Waals surface area contributed by atoms with Crippen LogP contribution < -0.4 is 5.32 Å². The summed E-state index contributed by atoms with van der Waals surface area (Å²) >= 11 is 0. The van der Waals surface area contributed by atoms with Gasteiger partial charge in [0.2, 0.25) is 0 Å². The molecule has 0 saturated heterocycles. The number of halogens is 1. The molecule has 0 aromatic carbocycles. The number of unbranched alkanes of at least 4 members (excludes halogenated alkanes) is 2. The van der Waals surface area contributed by atoms with E-state index in [0.717, 1.165) is 38.0 Å². The quantitative estimate of drug-likeness (QED) is 0.650. The zero-order chi connectivity index (χ0) is 15.7. The molecule has 1 aromatic heterocycles. The van der Waals surface area contributed by atoms with Crippen molar-refractivity contribution < 1.29 is 9.50 Å². The van der Waals surface area contributed by atoms with Crippen LogP contribution in [0.5, 0.6) is 0 Å². The molecule has 21 heavy (non-hydrogen) atoms. The Bertz CT molecular complexity index is 386. The number of rotatable bonds is 10. The molecule has 1 aromatic rings. The second kappa shape index (κ2) is 9.82. The van der Waals surface area contributed by atoms with Crippen molar-refractivity contribution in [3.05, 3.63) is 29.8 Å². The molecule has 2 atom stereocenters. The first-order valence-corrected chi connectivity index (χ1v) is 7.66. The number of nitrogens with one attached hydrogen (secondary N) is 1. The summed E-state index contributed by atoms with van der Waals surface area (Å²) in [6, 6.07) is 3.32. The molecule has 120 valence electrons. The number of nitrogens with zero attached hydrogens (tertiary/aromatic N) is 2. The molecule has 1 heterocycles. The number of hydrogen-bond acceptors (Lipinski definition) is 4. The maximum atomic E-state index is 13.0. The number of hydrogen-bond donors (Lipinski definition) is 2. The number of pyridine rings is 1. The van der Waals surface area contributed by atoms with Crippen molar-refractivity contribution in [3.8, 4) is 0 Å². The van der Waals surface area contributed by atoms with Gasteiger partial charge >= 0.3 is 0 Å². The van der Waals surface area contributed by atoms with Gasteiger partial charge in [0, 0.05) is 13.2 Å². The second-order valence-corrected chi connectivity index (χ2v) is 5.69. The van der Waals surface area contributed by atoms with E-state index in [4.69, 9.17) is 5.11 Å². The largest absolute Gasteiger partial charge is 0.396 e. The van der Waals surface area contributed by atoms with E-state index < -0.39 is 0 Å². The lowest BCUT2D eigenvalue weighted by atomic mass is 9.97. The predicted octanol–water partition coefficient (Wildman–Crippen LogP) is 2.21. The van der Waals surface area contributed by atoms with Gasteiger partial charge in [-0.3, -0.25) is 4.98 Å². The average Bonchev–Trinajstić information content (AvgIpc) is 2.46. The molecular formula is C16H28FN3O. The van der Waals surface area contributed by atoms with Gasteiger partial charge in [-0.2, -0.15) is 0 Å². The Morgan fingerprint density at radius 2 is 2.10 bits per heavy atom. The van der Waals surface area contributed by atoms with Crippen molar-refractivity contribution in [1.82, 2.24) is 15.2 Å². The number of aliphatic hydroxyl groups is 1. The highest BCUT2D eigenvalue weighted by Crippen LogP contribution is 2.20. The zero-order valence-electron chi connectivity index (χ0n) is 13.3. The van der Waals surface area contributed by atoms with Crippen LogP contribution in [0.1, 0.15) is 37.9 Å². The van der Waals surface area contributed by atoms with Crippen molar-refractivity contribution in [2.24, 2.45) is 5.92 Å². The molecule has 4 nitrogen and oxygen atoms in total. The Morgan fingerprint density at radius 3 is 2.67 bits per heavy atom. The Hall–Kier alpha value is -1.04. The molecule has 2 N–H and O–H groups in total. The lowest BCUT2D eigenvalue weighted by Gasteiger charge is -2.27. The average molecular weight is 297 g/mol. The van der Waals surface area contributed by atoms with E-state index in [2.05, 4.69) is 29.2 Å². The Balaban J connectivity index is 2.47. The Labute approximate surface area is 127 Å². The van der Waals surface area contributed by atoms with E-state index in [1.807, 2.05) is 7.05 Å². The third kappa shape index (κ3) is 6.50. The smallest absolute Gasteiger partial charge is 0.141 e. The summed E-state index contributed by atoms with van der Waals surface area (Å²) in [5.41, 5.74) is 0.875. The molecule has 0 aliphatic heterocycles. The SMILES string of the molecule is CNC(c1ccc(F)cn1)C(C)CN(C)CCCCCO. The maximum absolute atomic E-state index is 13.0. The lowest BCUT2D eigenvalue weighted by Crippen LogP contribution is -2.33. The molecule has 0 fully saturated rings. The van der Waals surface area contributed by atoms with Crippen LogP contribution in [0.3, 0.4) is 0 Å². The van der Waals surface area contributed by atoms with Crippen LogP contribution in [-0.4, -0.2) is 48.8 Å². The highest BCUT2D eigenvalue weighted by atomic mass is 19.1. The van der Waals surface area contributed by atoms with Gasteiger partial charge in [0.1, 0.15) is 5.82 Å². The minimum atomic E-state index is -0.303. The van der Waals surface area contributed by atoms with E-state index in [1.54, 1.807) is 6.07 Å². The summed E-state index contributed by atoms with van der Waals surface area (Å²) in [7, 11) is 4.02. The summed E-state index contributed by atoms with van der Waals surface area (Å²) < 4.78 is 13.0. The standard InChI is InChI=1S/C16H28FN3O/c1-13(12-20(3)9-5-4-6-10-21)16(18-2)15-8-7-14(17)11-19-15/h7-8,11,13,16,18,21H,4-6,9-10,12H2,1-3H3. The monoisotopic (exact) mass is 297 g/mol. The first-order valence-electron chi connectivity index (χ1n) is 7.66. The van der Waals surface area contributed by atoms with Crippen LogP contribution in [0.25, 0.3) is 0 Å². The predicted molar refractivity (Wildman–Crippen MR) is 83.6 cm³/mol. The van der Waals surface area contributed by atoms with Crippen LogP contribution in [0.4, 0.5) is 4.39 Å². The van der Waals surface area contributed by atoms with Crippen LogP contribution in [-0.2, 0) is 0 Å². The zero-order valence-corrected chi connectivity index (χ0v) is 13.3. The van der Waals surface area contributed by atoms with Crippen molar-refractivity contribution in [3.63, 3.8) is 0 Å². The van der Waals surface area contributed by atoms with Crippen molar-refractivity contribution >= 4 is 0 Å². The van der Waals surface area contributed by atoms with Crippen LogP contribution >= 0.6 is 0 Å². The van der Waals surface area contributed by atoms with Gasteiger partial charge in [0.15, 0.2) is 0 Å². The Kier molecular flexibility index (Phi) is 8.42. The molecule has 0 spiro atoms. The van der Waals surface area contributed by atoms with Gasteiger partial charge in [-0.25, -0.2) is 4.39 Å². The summed E-state index contributed by atoms with van der Waals surface area (Å²) in [6.07, 6.45) is 4.31. The fourth-order valence-electron chi connectivity index (χ4n) is 2.65. The van der Waals surface area contributed by atoms with E-state index >= 15 is 0 Å². The molecule has 1 rings (SSSR count). The summed E-state index contributed by atoms with van der Waals surface area (Å²) in [5, 5.41) is 12.0. The minimum absolute atomic E-state index is 0.116. The topological polar surface area (TPSA) is 48.4 Å². The molecular weight excluding hydrogens is 269 g/mol. The van der Waals surface area contributed by atoms with Gasteiger partial charge in [0.25, 0.3) is 0 Å². The van der Waals surface area contributed by atoms with E-state index in [-0.39, 0.29) is 18.5 Å². The van der Waals surface area contributed by atoms with Gasteiger partial charge < -0.3 is 15.3 Å². The van der Waals surface area contributed by atoms with Crippen molar-refractivity contribution in [2.75, 3.05) is 33.8 Å². The summed E-state index contributed by atoms with van der Waals surface area (Å²) in [4.78, 5) is 6.48. The van der Waals surface area contributed by atoms with Crippen molar-refractivity contribution in [2.45, 2.75) is 32.2 Å². The molecule has 0 saturated carbocycles. The first kappa shape index (κ1) is 18.0. The first-order chi connectivity index (χ1) is 10.1. The molecule has 0 bridgehead atoms. The second-order valence-electron chi connectivity index (χ2n) is 5.69. The summed E-state index contributed by atoms with van der Waals surface area (Å²) in [5.74, 6) is 0.0676. The molecule has 0 aliphatic rings. The fourth-order valence-corrected chi connectivity index (χ4v) is 2.65. The van der Waals surface area contributed by atoms with E-state index in [1.165, 1.54) is 12.3 Å². The normalized spacial score (nSPS) is 14.4.